The number of hydrogen-bond acceptors (Lipinski definition) is 4. The maximum Gasteiger partial charge on any atom is 0.313 e. The van der Waals surface area contributed by atoms with Crippen molar-refractivity contribution in [1.82, 2.24) is 14.5 Å². The number of benzene rings is 2. The van der Waals surface area contributed by atoms with E-state index in [0.717, 1.165) is 26.3 Å². The van der Waals surface area contributed by atoms with Crippen LogP contribution in [0, 0.1) is 0 Å². The molecule has 0 spiro atoms. The van der Waals surface area contributed by atoms with Crippen LogP contribution >= 0.6 is 27.7 Å². The number of hydrogen-bond donors (Lipinski definition) is 1. The zero-order valence-corrected chi connectivity index (χ0v) is 16.0. The van der Waals surface area contributed by atoms with Crippen LogP contribution in [0.25, 0.3) is 21.9 Å². The number of carboxylic acid groups (broad SMARTS) is 1. The second-order valence-electron chi connectivity index (χ2n) is 5.76. The van der Waals surface area contributed by atoms with Gasteiger partial charge in [-0.05, 0) is 34.5 Å². The van der Waals surface area contributed by atoms with E-state index in [1.165, 1.54) is 11.8 Å². The number of rotatable bonds is 5. The van der Waals surface area contributed by atoms with Crippen molar-refractivity contribution in [2.24, 2.45) is 0 Å². The summed E-state index contributed by atoms with van der Waals surface area (Å²) >= 11 is 4.82. The average molecular weight is 428 g/mol. The first-order valence-electron chi connectivity index (χ1n) is 7.95. The van der Waals surface area contributed by atoms with E-state index in [2.05, 4.69) is 44.1 Å². The van der Waals surface area contributed by atoms with E-state index in [1.54, 1.807) is 6.20 Å². The molecule has 0 fully saturated rings. The molecule has 0 saturated heterocycles. The molecule has 0 aliphatic carbocycles. The molecule has 2 heterocycles. The molecule has 0 bridgehead atoms. The van der Waals surface area contributed by atoms with Crippen LogP contribution in [0.1, 0.15) is 5.56 Å². The summed E-state index contributed by atoms with van der Waals surface area (Å²) in [5.41, 5.74) is 2.67. The molecule has 5 nitrogen and oxygen atoms in total. The largest absolute Gasteiger partial charge is 0.481 e. The summed E-state index contributed by atoms with van der Waals surface area (Å²) in [5.74, 6) is -0.902. The van der Waals surface area contributed by atoms with Crippen LogP contribution in [-0.2, 0) is 11.3 Å². The van der Waals surface area contributed by atoms with Crippen molar-refractivity contribution in [1.29, 1.82) is 0 Å². The second-order valence-corrected chi connectivity index (χ2v) is 7.56. The summed E-state index contributed by atoms with van der Waals surface area (Å²) in [4.78, 5) is 19.8. The van der Waals surface area contributed by atoms with Gasteiger partial charge in [0, 0.05) is 10.7 Å². The van der Waals surface area contributed by atoms with Crippen molar-refractivity contribution in [2.75, 3.05) is 5.75 Å². The fourth-order valence-corrected chi connectivity index (χ4v) is 4.16. The Labute approximate surface area is 162 Å². The summed E-state index contributed by atoms with van der Waals surface area (Å²) < 4.78 is 3.08. The maximum absolute atomic E-state index is 11.0. The third kappa shape index (κ3) is 3.20. The molecule has 0 amide bonds. The van der Waals surface area contributed by atoms with E-state index < -0.39 is 5.97 Å². The molecule has 0 aliphatic rings. The average Bonchev–Trinajstić information content (AvgIpc) is 3.00. The summed E-state index contributed by atoms with van der Waals surface area (Å²) in [7, 11) is 0. The number of nitrogens with zero attached hydrogens (tertiary/aromatic N) is 3. The SMILES string of the molecule is O=C(O)CSc1nc2ncccc2n1Cc1ccc(Br)c2ccccc12. The Kier molecular flexibility index (Phi) is 4.65. The van der Waals surface area contributed by atoms with Gasteiger partial charge in [0.25, 0.3) is 0 Å². The first-order chi connectivity index (χ1) is 12.6. The number of aliphatic carboxylic acids is 1. The molecule has 1 N–H and O–H groups in total. The third-order valence-corrected chi connectivity index (χ3v) is 5.76. The molecule has 0 unspecified atom stereocenters. The van der Waals surface area contributed by atoms with Gasteiger partial charge in [-0.1, -0.05) is 58.0 Å². The van der Waals surface area contributed by atoms with Crippen LogP contribution in [0.3, 0.4) is 0 Å². The van der Waals surface area contributed by atoms with E-state index >= 15 is 0 Å². The van der Waals surface area contributed by atoms with E-state index in [1.807, 2.05) is 34.9 Å². The Morgan fingerprint density at radius 1 is 1.12 bits per heavy atom. The molecule has 2 aromatic heterocycles. The lowest BCUT2D eigenvalue weighted by Crippen LogP contribution is -2.05. The van der Waals surface area contributed by atoms with Gasteiger partial charge in [0.05, 0.1) is 17.8 Å². The van der Waals surface area contributed by atoms with Crippen molar-refractivity contribution < 1.29 is 9.90 Å². The van der Waals surface area contributed by atoms with Crippen molar-refractivity contribution in [3.05, 3.63) is 64.8 Å². The molecule has 4 aromatic rings. The lowest BCUT2D eigenvalue weighted by molar-refractivity contribution is -0.133. The van der Waals surface area contributed by atoms with Crippen molar-refractivity contribution in [2.45, 2.75) is 11.7 Å². The maximum atomic E-state index is 11.0. The molecule has 0 saturated carbocycles. The zero-order valence-electron chi connectivity index (χ0n) is 13.6. The van der Waals surface area contributed by atoms with Crippen LogP contribution in [0.15, 0.2) is 64.4 Å². The van der Waals surface area contributed by atoms with Crippen molar-refractivity contribution in [3.63, 3.8) is 0 Å². The lowest BCUT2D eigenvalue weighted by atomic mass is 10.0. The molecule has 0 radical (unpaired) electrons. The van der Waals surface area contributed by atoms with Gasteiger partial charge >= 0.3 is 5.97 Å². The number of thioether (sulfide) groups is 1. The van der Waals surface area contributed by atoms with Gasteiger partial charge in [-0.3, -0.25) is 4.79 Å². The number of halogens is 1. The van der Waals surface area contributed by atoms with Crippen LogP contribution in [-0.4, -0.2) is 31.4 Å². The highest BCUT2D eigenvalue weighted by Crippen LogP contribution is 2.30. The minimum atomic E-state index is -0.865. The van der Waals surface area contributed by atoms with Crippen molar-refractivity contribution in [3.8, 4) is 0 Å². The molecule has 2 aromatic carbocycles. The second kappa shape index (κ2) is 7.09. The predicted molar refractivity (Wildman–Crippen MR) is 107 cm³/mol. The summed E-state index contributed by atoms with van der Waals surface area (Å²) in [6.45, 7) is 0.595. The highest BCUT2D eigenvalue weighted by atomic mass is 79.9. The zero-order chi connectivity index (χ0) is 18.1. The normalized spacial score (nSPS) is 11.3. The number of fused-ring (bicyclic) bond motifs is 2. The smallest absolute Gasteiger partial charge is 0.313 e. The van der Waals surface area contributed by atoms with E-state index in [-0.39, 0.29) is 5.75 Å². The van der Waals surface area contributed by atoms with Gasteiger partial charge in [-0.15, -0.1) is 0 Å². The topological polar surface area (TPSA) is 68.0 Å². The number of aromatic nitrogens is 3. The highest BCUT2D eigenvalue weighted by Gasteiger charge is 2.15. The molecule has 0 atom stereocenters. The van der Waals surface area contributed by atoms with Gasteiger partial charge in [0.15, 0.2) is 10.8 Å². The first-order valence-corrected chi connectivity index (χ1v) is 9.73. The predicted octanol–water partition coefficient (Wildman–Crippen LogP) is 4.57. The minimum Gasteiger partial charge on any atom is -0.481 e. The van der Waals surface area contributed by atoms with Gasteiger partial charge < -0.3 is 9.67 Å². The van der Waals surface area contributed by atoms with Crippen LogP contribution in [0.2, 0.25) is 0 Å². The fourth-order valence-electron chi connectivity index (χ4n) is 2.96. The van der Waals surface area contributed by atoms with Crippen molar-refractivity contribution >= 4 is 55.6 Å². The summed E-state index contributed by atoms with van der Waals surface area (Å²) in [6.07, 6.45) is 1.69. The first kappa shape index (κ1) is 17.1. The molecule has 26 heavy (non-hydrogen) atoms. The number of imidazole rings is 1. The number of carboxylic acids is 1. The highest BCUT2D eigenvalue weighted by molar-refractivity contribution is 9.10. The molecule has 0 aliphatic heterocycles. The number of carbonyl (C=O) groups is 1. The molecule has 4 rings (SSSR count). The van der Waals surface area contributed by atoms with Crippen LogP contribution < -0.4 is 0 Å². The monoisotopic (exact) mass is 427 g/mol. The Bertz CT molecular complexity index is 1130. The Hall–Kier alpha value is -2.38. The minimum absolute atomic E-state index is 0.0373. The molecular weight excluding hydrogens is 414 g/mol. The summed E-state index contributed by atoms with van der Waals surface area (Å²) in [6, 6.07) is 16.2. The quantitative estimate of drug-likeness (QED) is 0.472. The Balaban J connectivity index is 1.83. The fraction of sp³-hybridized carbons (Fsp3) is 0.105. The Morgan fingerprint density at radius 2 is 1.92 bits per heavy atom. The van der Waals surface area contributed by atoms with E-state index in [0.29, 0.717) is 17.3 Å². The van der Waals surface area contributed by atoms with Gasteiger partial charge in [-0.25, -0.2) is 9.97 Å². The molecule has 130 valence electrons. The number of pyridine rings is 1. The standard InChI is InChI=1S/C19H14BrN3O2S/c20-15-8-7-12(13-4-1-2-5-14(13)15)10-23-16-6-3-9-21-18(16)22-19(23)26-11-17(24)25/h1-9H,10-11H2,(H,24,25). The van der Waals surface area contributed by atoms with Crippen LogP contribution in [0.4, 0.5) is 0 Å². The third-order valence-electron chi connectivity index (χ3n) is 4.10. The molecule has 7 heteroatoms. The Morgan fingerprint density at radius 3 is 2.73 bits per heavy atom. The molecular formula is C19H14BrN3O2S. The lowest BCUT2D eigenvalue weighted by Gasteiger charge is -2.12. The van der Waals surface area contributed by atoms with Gasteiger partial charge in [0.2, 0.25) is 0 Å². The van der Waals surface area contributed by atoms with Gasteiger partial charge in [0.1, 0.15) is 0 Å². The van der Waals surface area contributed by atoms with Gasteiger partial charge in [-0.2, -0.15) is 0 Å². The van der Waals surface area contributed by atoms with E-state index in [9.17, 15) is 4.79 Å². The van der Waals surface area contributed by atoms with E-state index in [4.69, 9.17) is 5.11 Å². The summed E-state index contributed by atoms with van der Waals surface area (Å²) in [5, 5.41) is 12.0. The van der Waals surface area contributed by atoms with Crippen LogP contribution in [0.5, 0.6) is 0 Å².